The van der Waals surface area contributed by atoms with Crippen molar-refractivity contribution in [3.05, 3.63) is 5.89 Å². The summed E-state index contributed by atoms with van der Waals surface area (Å²) in [7, 11) is 0. The van der Waals surface area contributed by atoms with Crippen molar-refractivity contribution in [2.75, 3.05) is 11.9 Å². The zero-order chi connectivity index (χ0) is 13.2. The Morgan fingerprint density at radius 2 is 1.95 bits per heavy atom. The van der Waals surface area contributed by atoms with Crippen LogP contribution in [0.2, 0.25) is 0 Å². The molecule has 0 aliphatic heterocycles. The number of carbonyl (C=O) groups is 1. The summed E-state index contributed by atoms with van der Waals surface area (Å²) in [5, 5.41) is 10.6. The van der Waals surface area contributed by atoms with Crippen molar-refractivity contribution in [3.63, 3.8) is 0 Å². The van der Waals surface area contributed by atoms with Crippen LogP contribution in [0.5, 0.6) is 0 Å². The van der Waals surface area contributed by atoms with E-state index in [1.54, 1.807) is 0 Å². The summed E-state index contributed by atoms with van der Waals surface area (Å²) in [6, 6.07) is 0.243. The van der Waals surface area contributed by atoms with Crippen LogP contribution < -0.4 is 11.1 Å². The largest absolute Gasteiger partial charge is 0.408 e. The molecular weight excluding hydrogens is 244 g/mol. The Morgan fingerprint density at radius 3 is 2.58 bits per heavy atom. The van der Waals surface area contributed by atoms with Gasteiger partial charge in [0.15, 0.2) is 0 Å². The summed E-state index contributed by atoms with van der Waals surface area (Å²) in [6.07, 6.45) is 6.09. The van der Waals surface area contributed by atoms with E-state index in [-0.39, 0.29) is 17.8 Å². The topological polar surface area (TPSA) is 94.0 Å². The lowest BCUT2D eigenvalue weighted by atomic mass is 9.82. The number of carbonyl (C=O) groups excluding carboxylic acids is 1. The third-order valence-electron chi connectivity index (χ3n) is 4.15. The Morgan fingerprint density at radius 1 is 1.21 bits per heavy atom. The Labute approximate surface area is 112 Å². The molecule has 3 N–H and O–H groups in total. The Kier molecular flexibility index (Phi) is 3.50. The Balaban J connectivity index is 1.52. The van der Waals surface area contributed by atoms with Crippen molar-refractivity contribution in [1.82, 2.24) is 10.2 Å². The second-order valence-electron chi connectivity index (χ2n) is 5.66. The minimum absolute atomic E-state index is 0.00136. The van der Waals surface area contributed by atoms with E-state index in [1.165, 1.54) is 0 Å². The van der Waals surface area contributed by atoms with Gasteiger partial charge in [-0.25, -0.2) is 0 Å². The summed E-state index contributed by atoms with van der Waals surface area (Å²) < 4.78 is 5.44. The lowest BCUT2D eigenvalue weighted by Gasteiger charge is -2.26. The number of nitrogens with zero attached hydrogens (tertiary/aromatic N) is 2. The van der Waals surface area contributed by atoms with Crippen LogP contribution in [0.3, 0.4) is 0 Å². The number of nitrogens with two attached hydrogens (primary N) is 1. The van der Waals surface area contributed by atoms with Crippen LogP contribution in [0.15, 0.2) is 4.42 Å². The first kappa shape index (κ1) is 12.6. The number of anilines is 1. The van der Waals surface area contributed by atoms with E-state index in [0.29, 0.717) is 17.7 Å². The molecular formula is C13H20N4O2. The quantitative estimate of drug-likeness (QED) is 0.862. The van der Waals surface area contributed by atoms with Crippen molar-refractivity contribution < 1.29 is 9.21 Å². The highest BCUT2D eigenvalue weighted by atomic mass is 16.4. The fourth-order valence-corrected chi connectivity index (χ4v) is 2.65. The van der Waals surface area contributed by atoms with Gasteiger partial charge in [0.2, 0.25) is 11.8 Å². The third-order valence-corrected chi connectivity index (χ3v) is 4.15. The van der Waals surface area contributed by atoms with E-state index in [4.69, 9.17) is 10.2 Å². The lowest BCUT2D eigenvalue weighted by molar-refractivity contribution is -0.121. The molecule has 1 aromatic rings. The van der Waals surface area contributed by atoms with Crippen LogP contribution >= 0.6 is 0 Å². The molecule has 104 valence electrons. The molecule has 0 atom stereocenters. The molecule has 1 heterocycles. The normalized spacial score (nSPS) is 27.2. The molecule has 0 unspecified atom stereocenters. The van der Waals surface area contributed by atoms with Gasteiger partial charge in [-0.2, -0.15) is 0 Å². The number of rotatable bonds is 4. The SMILES string of the molecule is NCC1CCC(C(=O)Nc2nnc(C3CC3)o2)CC1. The highest BCUT2D eigenvalue weighted by Gasteiger charge is 2.30. The standard InChI is InChI=1S/C13H20N4O2/c14-7-8-1-3-9(4-2-8)11(18)15-13-17-16-12(19-13)10-5-6-10/h8-10H,1-7,14H2,(H,15,17,18). The molecule has 6 nitrogen and oxygen atoms in total. The fourth-order valence-electron chi connectivity index (χ4n) is 2.65. The van der Waals surface area contributed by atoms with Gasteiger partial charge in [0.25, 0.3) is 0 Å². The number of aromatic nitrogens is 2. The number of hydrogen-bond acceptors (Lipinski definition) is 5. The fraction of sp³-hybridized carbons (Fsp3) is 0.769. The summed E-state index contributed by atoms with van der Waals surface area (Å²) in [6.45, 7) is 0.725. The summed E-state index contributed by atoms with van der Waals surface area (Å²) in [5.74, 6) is 1.70. The molecule has 1 amide bonds. The van der Waals surface area contributed by atoms with Gasteiger partial charge in [-0.1, -0.05) is 5.10 Å². The Bertz CT molecular complexity index is 447. The van der Waals surface area contributed by atoms with Gasteiger partial charge in [0.1, 0.15) is 0 Å². The zero-order valence-electron chi connectivity index (χ0n) is 11.0. The summed E-state index contributed by atoms with van der Waals surface area (Å²) in [4.78, 5) is 12.1. The molecule has 0 spiro atoms. The summed E-state index contributed by atoms with van der Waals surface area (Å²) >= 11 is 0. The lowest BCUT2D eigenvalue weighted by Crippen LogP contribution is -2.29. The maximum Gasteiger partial charge on any atom is 0.322 e. The zero-order valence-corrected chi connectivity index (χ0v) is 11.0. The van der Waals surface area contributed by atoms with E-state index >= 15 is 0 Å². The van der Waals surface area contributed by atoms with Crippen LogP contribution in [-0.4, -0.2) is 22.6 Å². The second kappa shape index (κ2) is 5.28. The first-order valence-corrected chi connectivity index (χ1v) is 7.10. The van der Waals surface area contributed by atoms with Crippen LogP contribution in [0.25, 0.3) is 0 Å². The highest BCUT2D eigenvalue weighted by molar-refractivity contribution is 5.90. The van der Waals surface area contributed by atoms with Crippen molar-refractivity contribution in [2.45, 2.75) is 44.4 Å². The molecule has 6 heteroatoms. The average molecular weight is 264 g/mol. The first-order valence-electron chi connectivity index (χ1n) is 7.10. The van der Waals surface area contributed by atoms with Crippen LogP contribution in [0.1, 0.15) is 50.3 Å². The third kappa shape index (κ3) is 2.94. The molecule has 19 heavy (non-hydrogen) atoms. The number of amides is 1. The monoisotopic (exact) mass is 264 g/mol. The maximum atomic E-state index is 12.1. The van der Waals surface area contributed by atoms with Gasteiger partial charge in [-0.3, -0.25) is 10.1 Å². The van der Waals surface area contributed by atoms with Crippen molar-refractivity contribution >= 4 is 11.9 Å². The molecule has 2 aliphatic rings. The molecule has 3 rings (SSSR count). The molecule has 0 radical (unpaired) electrons. The van der Waals surface area contributed by atoms with E-state index in [1.807, 2.05) is 0 Å². The van der Waals surface area contributed by atoms with E-state index < -0.39 is 0 Å². The average Bonchev–Trinajstić information content (AvgIpc) is 3.20. The smallest absolute Gasteiger partial charge is 0.322 e. The van der Waals surface area contributed by atoms with Crippen LogP contribution in [0.4, 0.5) is 6.01 Å². The first-order chi connectivity index (χ1) is 9.26. The van der Waals surface area contributed by atoms with Crippen LogP contribution in [0, 0.1) is 11.8 Å². The second-order valence-corrected chi connectivity index (χ2v) is 5.66. The van der Waals surface area contributed by atoms with Gasteiger partial charge in [0, 0.05) is 11.8 Å². The molecule has 1 aromatic heterocycles. The van der Waals surface area contributed by atoms with E-state index in [9.17, 15) is 4.79 Å². The van der Waals surface area contributed by atoms with Crippen LogP contribution in [-0.2, 0) is 4.79 Å². The number of hydrogen-bond donors (Lipinski definition) is 2. The molecule has 0 bridgehead atoms. The van der Waals surface area contributed by atoms with Gasteiger partial charge < -0.3 is 10.2 Å². The van der Waals surface area contributed by atoms with Gasteiger partial charge in [-0.05, 0) is 51.0 Å². The predicted molar refractivity (Wildman–Crippen MR) is 69.4 cm³/mol. The summed E-state index contributed by atoms with van der Waals surface area (Å²) in [5.41, 5.74) is 5.65. The van der Waals surface area contributed by atoms with Crippen molar-refractivity contribution in [1.29, 1.82) is 0 Å². The van der Waals surface area contributed by atoms with Gasteiger partial charge >= 0.3 is 6.01 Å². The predicted octanol–water partition coefficient (Wildman–Crippen LogP) is 1.65. The van der Waals surface area contributed by atoms with Gasteiger partial charge in [0.05, 0.1) is 0 Å². The molecule has 0 aromatic carbocycles. The minimum Gasteiger partial charge on any atom is -0.408 e. The maximum absolute atomic E-state index is 12.1. The highest BCUT2D eigenvalue weighted by Crippen LogP contribution is 2.39. The van der Waals surface area contributed by atoms with E-state index in [2.05, 4.69) is 15.5 Å². The Hall–Kier alpha value is -1.43. The molecule has 0 saturated heterocycles. The molecule has 2 fully saturated rings. The molecule has 2 saturated carbocycles. The number of nitrogens with one attached hydrogen (secondary N) is 1. The van der Waals surface area contributed by atoms with E-state index in [0.717, 1.165) is 45.1 Å². The van der Waals surface area contributed by atoms with Crippen molar-refractivity contribution in [2.24, 2.45) is 17.6 Å². The minimum atomic E-state index is 0.00136. The van der Waals surface area contributed by atoms with Gasteiger partial charge in [-0.15, -0.1) is 5.10 Å². The van der Waals surface area contributed by atoms with Crippen molar-refractivity contribution in [3.8, 4) is 0 Å². The molecule has 2 aliphatic carbocycles.